The molecule has 2 aromatic heterocycles. The number of nitrogens with zero attached hydrogens (tertiary/aromatic N) is 2. The number of aliphatic carboxylic acids is 1. The highest BCUT2D eigenvalue weighted by Crippen LogP contribution is 2.29. The number of aryl methyl sites for hydroxylation is 2. The Morgan fingerprint density at radius 2 is 2.10 bits per heavy atom. The molecule has 0 aliphatic carbocycles. The van der Waals surface area contributed by atoms with Crippen LogP contribution in [-0.2, 0) is 4.79 Å². The second kappa shape index (κ2) is 5.57. The molecule has 0 fully saturated rings. The highest BCUT2D eigenvalue weighted by molar-refractivity contribution is 7.99. The van der Waals surface area contributed by atoms with Crippen LogP contribution in [0.1, 0.15) is 30.3 Å². The number of carboxylic acids is 1. The first-order chi connectivity index (χ1) is 9.32. The van der Waals surface area contributed by atoms with Crippen molar-refractivity contribution in [3.05, 3.63) is 20.8 Å². The van der Waals surface area contributed by atoms with E-state index in [0.29, 0.717) is 15.4 Å². The van der Waals surface area contributed by atoms with Gasteiger partial charge in [-0.1, -0.05) is 11.8 Å². The minimum Gasteiger partial charge on any atom is -0.481 e. The molecule has 0 radical (unpaired) electrons. The van der Waals surface area contributed by atoms with Crippen molar-refractivity contribution in [2.45, 2.75) is 38.9 Å². The first-order valence-corrected chi connectivity index (χ1v) is 8.00. The smallest absolute Gasteiger partial charge is 0.313 e. The van der Waals surface area contributed by atoms with Crippen LogP contribution in [0.15, 0.2) is 9.95 Å². The molecule has 5 nitrogen and oxygen atoms in total. The van der Waals surface area contributed by atoms with Crippen LogP contribution >= 0.6 is 23.1 Å². The Bertz CT molecular complexity index is 731. The van der Waals surface area contributed by atoms with Crippen LogP contribution in [0.4, 0.5) is 0 Å². The van der Waals surface area contributed by atoms with Crippen molar-refractivity contribution >= 4 is 39.3 Å². The Balaban J connectivity index is 2.70. The van der Waals surface area contributed by atoms with E-state index in [1.807, 2.05) is 27.7 Å². The molecule has 0 bridgehead atoms. The van der Waals surface area contributed by atoms with Gasteiger partial charge in [0.15, 0.2) is 5.16 Å². The molecule has 0 amide bonds. The van der Waals surface area contributed by atoms with E-state index in [9.17, 15) is 9.59 Å². The van der Waals surface area contributed by atoms with Crippen LogP contribution < -0.4 is 5.56 Å². The zero-order valence-corrected chi connectivity index (χ0v) is 13.4. The summed E-state index contributed by atoms with van der Waals surface area (Å²) < 4.78 is 1.58. The lowest BCUT2D eigenvalue weighted by Gasteiger charge is -2.14. The third-order valence-electron chi connectivity index (χ3n) is 3.04. The van der Waals surface area contributed by atoms with E-state index in [1.165, 1.54) is 11.3 Å². The monoisotopic (exact) mass is 312 g/mol. The van der Waals surface area contributed by atoms with Gasteiger partial charge < -0.3 is 5.11 Å². The van der Waals surface area contributed by atoms with Gasteiger partial charge in [0.25, 0.3) is 5.56 Å². The SMILES string of the molecule is Cc1sc2nc(SCC(=O)O)n(C(C)C)c(=O)c2c1C. The molecule has 0 aliphatic heterocycles. The van der Waals surface area contributed by atoms with Crippen LogP contribution in [0, 0.1) is 13.8 Å². The van der Waals surface area contributed by atoms with Crippen LogP contribution in [-0.4, -0.2) is 26.4 Å². The van der Waals surface area contributed by atoms with Gasteiger partial charge in [0.2, 0.25) is 0 Å². The number of rotatable bonds is 4. The van der Waals surface area contributed by atoms with Crippen LogP contribution in [0.2, 0.25) is 0 Å². The Morgan fingerprint density at radius 3 is 2.65 bits per heavy atom. The molecule has 0 aliphatic rings. The number of carboxylic acid groups (broad SMARTS) is 1. The molecule has 0 saturated heterocycles. The maximum Gasteiger partial charge on any atom is 0.313 e. The number of thiophene rings is 1. The summed E-state index contributed by atoms with van der Waals surface area (Å²) in [6.07, 6.45) is 0. The van der Waals surface area contributed by atoms with E-state index in [2.05, 4.69) is 4.98 Å². The lowest BCUT2D eigenvalue weighted by atomic mass is 10.2. The van der Waals surface area contributed by atoms with Crippen LogP contribution in [0.25, 0.3) is 10.2 Å². The van der Waals surface area contributed by atoms with E-state index in [-0.39, 0.29) is 17.4 Å². The van der Waals surface area contributed by atoms with Crippen molar-refractivity contribution in [3.8, 4) is 0 Å². The second-order valence-electron chi connectivity index (χ2n) is 4.81. The molecule has 20 heavy (non-hydrogen) atoms. The van der Waals surface area contributed by atoms with Gasteiger partial charge in [0.05, 0.1) is 11.1 Å². The minimum atomic E-state index is -0.918. The summed E-state index contributed by atoms with van der Waals surface area (Å²) in [5.74, 6) is -1.02. The van der Waals surface area contributed by atoms with Gasteiger partial charge in [0, 0.05) is 10.9 Å². The van der Waals surface area contributed by atoms with Gasteiger partial charge in [-0.15, -0.1) is 11.3 Å². The summed E-state index contributed by atoms with van der Waals surface area (Å²) in [5.41, 5.74) is 0.881. The molecular weight excluding hydrogens is 296 g/mol. The topological polar surface area (TPSA) is 72.2 Å². The zero-order valence-electron chi connectivity index (χ0n) is 11.8. The fraction of sp³-hybridized carbons (Fsp3) is 0.462. The van der Waals surface area contributed by atoms with E-state index < -0.39 is 5.97 Å². The Hall–Kier alpha value is -1.34. The van der Waals surface area contributed by atoms with Crippen molar-refractivity contribution in [1.82, 2.24) is 9.55 Å². The summed E-state index contributed by atoms with van der Waals surface area (Å²) >= 11 is 2.56. The van der Waals surface area contributed by atoms with Gasteiger partial charge in [-0.2, -0.15) is 0 Å². The third kappa shape index (κ3) is 2.60. The molecule has 108 valence electrons. The van der Waals surface area contributed by atoms with Gasteiger partial charge in [-0.25, -0.2) is 4.98 Å². The third-order valence-corrected chi connectivity index (χ3v) is 5.08. The molecule has 1 N–H and O–H groups in total. The number of fused-ring (bicyclic) bond motifs is 1. The van der Waals surface area contributed by atoms with E-state index in [4.69, 9.17) is 5.11 Å². The highest BCUT2D eigenvalue weighted by atomic mass is 32.2. The summed E-state index contributed by atoms with van der Waals surface area (Å²) in [5, 5.41) is 9.93. The van der Waals surface area contributed by atoms with Crippen molar-refractivity contribution in [3.63, 3.8) is 0 Å². The Morgan fingerprint density at radius 1 is 1.45 bits per heavy atom. The van der Waals surface area contributed by atoms with E-state index >= 15 is 0 Å². The molecular formula is C13H16N2O3S2. The predicted octanol–water partition coefficient (Wildman–Crippen LogP) is 2.83. The molecule has 0 aromatic carbocycles. The quantitative estimate of drug-likeness (QED) is 0.694. The molecule has 0 unspecified atom stereocenters. The van der Waals surface area contributed by atoms with Crippen LogP contribution in [0.5, 0.6) is 0 Å². The van der Waals surface area contributed by atoms with E-state index in [0.717, 1.165) is 22.2 Å². The molecule has 2 rings (SSSR count). The largest absolute Gasteiger partial charge is 0.481 e. The number of thioether (sulfide) groups is 1. The molecule has 0 atom stereocenters. The Labute approximate surface area is 124 Å². The highest BCUT2D eigenvalue weighted by Gasteiger charge is 2.18. The molecule has 7 heteroatoms. The van der Waals surface area contributed by atoms with Gasteiger partial charge in [-0.05, 0) is 33.3 Å². The predicted molar refractivity (Wildman–Crippen MR) is 82.1 cm³/mol. The maximum atomic E-state index is 12.6. The van der Waals surface area contributed by atoms with Crippen molar-refractivity contribution in [1.29, 1.82) is 0 Å². The number of hydrogen-bond acceptors (Lipinski definition) is 5. The fourth-order valence-corrected chi connectivity index (χ4v) is 3.89. The van der Waals surface area contributed by atoms with E-state index in [1.54, 1.807) is 4.57 Å². The average Bonchev–Trinajstić information content (AvgIpc) is 2.62. The van der Waals surface area contributed by atoms with Crippen molar-refractivity contribution < 1.29 is 9.90 Å². The van der Waals surface area contributed by atoms with Gasteiger partial charge >= 0.3 is 5.97 Å². The number of aromatic nitrogens is 2. The zero-order chi connectivity index (χ0) is 15.0. The molecule has 0 saturated carbocycles. The van der Waals surface area contributed by atoms with Crippen molar-refractivity contribution in [2.75, 3.05) is 5.75 Å². The molecule has 2 heterocycles. The number of hydrogen-bond donors (Lipinski definition) is 1. The lowest BCUT2D eigenvalue weighted by Crippen LogP contribution is -2.25. The first kappa shape index (κ1) is 15.1. The van der Waals surface area contributed by atoms with Crippen LogP contribution in [0.3, 0.4) is 0 Å². The van der Waals surface area contributed by atoms with Gasteiger partial charge in [-0.3, -0.25) is 14.2 Å². The maximum absolute atomic E-state index is 12.6. The fourth-order valence-electron chi connectivity index (χ4n) is 1.97. The average molecular weight is 312 g/mol. The minimum absolute atomic E-state index is 0.0599. The second-order valence-corrected chi connectivity index (χ2v) is 6.95. The lowest BCUT2D eigenvalue weighted by molar-refractivity contribution is -0.133. The van der Waals surface area contributed by atoms with Crippen molar-refractivity contribution in [2.24, 2.45) is 0 Å². The summed E-state index contributed by atoms with van der Waals surface area (Å²) in [7, 11) is 0. The first-order valence-electron chi connectivity index (χ1n) is 6.19. The molecule has 2 aromatic rings. The Kier molecular flexibility index (Phi) is 4.19. The standard InChI is InChI=1S/C13H16N2O3S2/c1-6(2)15-12(18)10-7(3)8(4)20-11(10)14-13(15)19-5-9(16)17/h6H,5H2,1-4H3,(H,16,17). The number of carbonyl (C=O) groups is 1. The summed E-state index contributed by atoms with van der Waals surface area (Å²) in [6, 6.07) is -0.0599. The normalized spacial score (nSPS) is 11.4. The molecule has 0 spiro atoms. The van der Waals surface area contributed by atoms with Gasteiger partial charge in [0.1, 0.15) is 4.83 Å². The summed E-state index contributed by atoms with van der Waals surface area (Å²) in [6.45, 7) is 7.68. The summed E-state index contributed by atoms with van der Waals surface area (Å²) in [4.78, 5) is 29.6.